The molecule has 0 N–H and O–H groups in total. The van der Waals surface area contributed by atoms with Gasteiger partial charge in [-0.1, -0.05) is 42.0 Å². The molecule has 0 aliphatic rings. The molecule has 0 aliphatic carbocycles. The van der Waals surface area contributed by atoms with Crippen LogP contribution in [-0.4, -0.2) is 13.1 Å². The van der Waals surface area contributed by atoms with Crippen molar-refractivity contribution in [2.24, 2.45) is 0 Å². The number of carbonyl (C=O) groups is 1. The van der Waals surface area contributed by atoms with Gasteiger partial charge in [0.1, 0.15) is 0 Å². The lowest BCUT2D eigenvalue weighted by molar-refractivity contribution is -0.139. The highest BCUT2D eigenvalue weighted by molar-refractivity contribution is 5.72. The third-order valence-electron chi connectivity index (χ3n) is 1.86. The van der Waals surface area contributed by atoms with Crippen molar-refractivity contribution in [3.63, 3.8) is 0 Å². The molecule has 0 atom stereocenters. The zero-order valence-corrected chi connectivity index (χ0v) is 8.49. The first-order chi connectivity index (χ1) is 6.72. The van der Waals surface area contributed by atoms with E-state index in [1.54, 1.807) is 6.08 Å². The molecule has 74 valence electrons. The number of hydrogen-bond acceptors (Lipinski definition) is 2. The zero-order valence-electron chi connectivity index (χ0n) is 8.49. The average Bonchev–Trinajstić information content (AvgIpc) is 2.17. The zero-order chi connectivity index (χ0) is 10.4. The van der Waals surface area contributed by atoms with Crippen LogP contribution in [0.25, 0.3) is 6.08 Å². The molecule has 2 heteroatoms. The summed E-state index contributed by atoms with van der Waals surface area (Å²) in [6.45, 7) is 2.04. The van der Waals surface area contributed by atoms with Gasteiger partial charge < -0.3 is 4.74 Å². The van der Waals surface area contributed by atoms with E-state index in [4.69, 9.17) is 0 Å². The number of methoxy groups -OCH3 is 1. The summed E-state index contributed by atoms with van der Waals surface area (Å²) in [4.78, 5) is 10.8. The van der Waals surface area contributed by atoms with E-state index in [2.05, 4.69) is 10.8 Å². The van der Waals surface area contributed by atoms with E-state index in [1.807, 2.05) is 31.2 Å². The van der Waals surface area contributed by atoms with Gasteiger partial charge >= 0.3 is 5.97 Å². The summed E-state index contributed by atoms with van der Waals surface area (Å²) in [6.07, 6.45) is 4.05. The topological polar surface area (TPSA) is 26.3 Å². The van der Waals surface area contributed by atoms with Crippen molar-refractivity contribution >= 4 is 12.0 Å². The quantitative estimate of drug-likeness (QED) is 0.685. The van der Waals surface area contributed by atoms with Crippen molar-refractivity contribution in [1.29, 1.82) is 0 Å². The molecule has 14 heavy (non-hydrogen) atoms. The number of aryl methyl sites for hydroxylation is 1. The van der Waals surface area contributed by atoms with E-state index >= 15 is 0 Å². The highest BCUT2D eigenvalue weighted by Gasteiger charge is 1.93. The fourth-order valence-corrected chi connectivity index (χ4v) is 1.15. The minimum absolute atomic E-state index is 0.214. The SMILES string of the molecule is COC(=O)C/C=C\c1cccc(C)c1. The van der Waals surface area contributed by atoms with Gasteiger partial charge in [-0.05, 0) is 12.5 Å². The minimum Gasteiger partial charge on any atom is -0.469 e. The third-order valence-corrected chi connectivity index (χ3v) is 1.86. The van der Waals surface area contributed by atoms with Gasteiger partial charge in [-0.3, -0.25) is 4.79 Å². The van der Waals surface area contributed by atoms with Crippen molar-refractivity contribution in [3.05, 3.63) is 41.5 Å². The molecule has 0 amide bonds. The molecule has 0 heterocycles. The maximum Gasteiger partial charge on any atom is 0.309 e. The van der Waals surface area contributed by atoms with Crippen LogP contribution in [0, 0.1) is 6.92 Å². The molecule has 0 radical (unpaired) electrons. The Hall–Kier alpha value is -1.57. The fraction of sp³-hybridized carbons (Fsp3) is 0.250. The predicted molar refractivity (Wildman–Crippen MR) is 56.8 cm³/mol. The molecule has 1 aromatic rings. The van der Waals surface area contributed by atoms with Crippen molar-refractivity contribution in [2.45, 2.75) is 13.3 Å². The Morgan fingerprint density at radius 1 is 1.50 bits per heavy atom. The second kappa shape index (κ2) is 5.22. The molecule has 0 bridgehead atoms. The summed E-state index contributed by atoms with van der Waals surface area (Å²) in [5.41, 5.74) is 2.32. The molecule has 0 aliphatic heterocycles. The van der Waals surface area contributed by atoms with E-state index in [9.17, 15) is 4.79 Å². The summed E-state index contributed by atoms with van der Waals surface area (Å²) < 4.78 is 4.52. The van der Waals surface area contributed by atoms with Crippen molar-refractivity contribution < 1.29 is 9.53 Å². The Balaban J connectivity index is 2.56. The van der Waals surface area contributed by atoms with Crippen molar-refractivity contribution in [1.82, 2.24) is 0 Å². The van der Waals surface area contributed by atoms with Crippen LogP contribution in [0.15, 0.2) is 30.3 Å². The monoisotopic (exact) mass is 190 g/mol. The van der Waals surface area contributed by atoms with Crippen LogP contribution in [0.5, 0.6) is 0 Å². The van der Waals surface area contributed by atoms with E-state index in [1.165, 1.54) is 12.7 Å². The molecule has 0 fully saturated rings. The van der Waals surface area contributed by atoms with E-state index in [0.717, 1.165) is 5.56 Å². The Morgan fingerprint density at radius 3 is 2.93 bits per heavy atom. The summed E-state index contributed by atoms with van der Waals surface area (Å²) in [7, 11) is 1.39. The molecule has 0 saturated heterocycles. The van der Waals surface area contributed by atoms with E-state index in [-0.39, 0.29) is 5.97 Å². The van der Waals surface area contributed by atoms with Crippen LogP contribution in [0.2, 0.25) is 0 Å². The third kappa shape index (κ3) is 3.44. The second-order valence-electron chi connectivity index (χ2n) is 3.10. The number of benzene rings is 1. The highest BCUT2D eigenvalue weighted by Crippen LogP contribution is 2.06. The smallest absolute Gasteiger partial charge is 0.309 e. The Morgan fingerprint density at radius 2 is 2.29 bits per heavy atom. The lowest BCUT2D eigenvalue weighted by Crippen LogP contribution is -1.96. The number of hydrogen-bond donors (Lipinski definition) is 0. The van der Waals surface area contributed by atoms with Crippen LogP contribution in [-0.2, 0) is 9.53 Å². The van der Waals surface area contributed by atoms with Crippen LogP contribution in [0.3, 0.4) is 0 Å². The molecule has 2 nitrogen and oxygen atoms in total. The van der Waals surface area contributed by atoms with E-state index < -0.39 is 0 Å². The molecule has 0 unspecified atom stereocenters. The summed E-state index contributed by atoms with van der Waals surface area (Å²) in [5.74, 6) is -0.214. The number of esters is 1. The van der Waals surface area contributed by atoms with Gasteiger partial charge in [0, 0.05) is 0 Å². The largest absolute Gasteiger partial charge is 0.469 e. The van der Waals surface area contributed by atoms with Gasteiger partial charge in [-0.2, -0.15) is 0 Å². The van der Waals surface area contributed by atoms with Gasteiger partial charge in [0.2, 0.25) is 0 Å². The number of carbonyl (C=O) groups excluding carboxylic acids is 1. The second-order valence-corrected chi connectivity index (χ2v) is 3.10. The maximum absolute atomic E-state index is 10.8. The molecular formula is C12H14O2. The van der Waals surface area contributed by atoms with Crippen molar-refractivity contribution in [3.8, 4) is 0 Å². The molecule has 1 aromatic carbocycles. The minimum atomic E-state index is -0.214. The van der Waals surface area contributed by atoms with E-state index in [0.29, 0.717) is 6.42 Å². The predicted octanol–water partition coefficient (Wildman–Crippen LogP) is 2.57. The Bertz CT molecular complexity index is 340. The van der Waals surface area contributed by atoms with Gasteiger partial charge in [-0.25, -0.2) is 0 Å². The van der Waals surface area contributed by atoms with Crippen molar-refractivity contribution in [2.75, 3.05) is 7.11 Å². The first-order valence-electron chi connectivity index (χ1n) is 4.52. The van der Waals surface area contributed by atoms with Crippen LogP contribution < -0.4 is 0 Å². The van der Waals surface area contributed by atoms with Gasteiger partial charge in [0.05, 0.1) is 13.5 Å². The summed E-state index contributed by atoms with van der Waals surface area (Å²) >= 11 is 0. The number of ether oxygens (including phenoxy) is 1. The van der Waals surface area contributed by atoms with Gasteiger partial charge in [0.25, 0.3) is 0 Å². The Kier molecular flexibility index (Phi) is 3.92. The molecule has 1 rings (SSSR count). The summed E-state index contributed by atoms with van der Waals surface area (Å²) in [5, 5.41) is 0. The average molecular weight is 190 g/mol. The molecule has 0 aromatic heterocycles. The standard InChI is InChI=1S/C12H14O2/c1-10-5-3-6-11(9-10)7-4-8-12(13)14-2/h3-7,9H,8H2,1-2H3/b7-4-. The highest BCUT2D eigenvalue weighted by atomic mass is 16.5. The first-order valence-corrected chi connectivity index (χ1v) is 4.52. The van der Waals surface area contributed by atoms with Crippen LogP contribution >= 0.6 is 0 Å². The maximum atomic E-state index is 10.8. The molecular weight excluding hydrogens is 176 g/mol. The lowest BCUT2D eigenvalue weighted by Gasteiger charge is -1.95. The van der Waals surface area contributed by atoms with Gasteiger partial charge in [-0.15, -0.1) is 0 Å². The van der Waals surface area contributed by atoms with Gasteiger partial charge in [0.15, 0.2) is 0 Å². The molecule has 0 saturated carbocycles. The number of rotatable bonds is 3. The Labute approximate surface area is 84.2 Å². The molecule has 0 spiro atoms. The van der Waals surface area contributed by atoms with Crippen LogP contribution in [0.1, 0.15) is 17.5 Å². The summed E-state index contributed by atoms with van der Waals surface area (Å²) in [6, 6.07) is 8.10. The lowest BCUT2D eigenvalue weighted by atomic mass is 10.1. The van der Waals surface area contributed by atoms with Crippen LogP contribution in [0.4, 0.5) is 0 Å². The fourth-order valence-electron chi connectivity index (χ4n) is 1.15. The normalized spacial score (nSPS) is 10.4. The first kappa shape index (κ1) is 10.5.